The number of pyridine rings is 1. The Morgan fingerprint density at radius 3 is 2.81 bits per heavy atom. The Morgan fingerprint density at radius 1 is 1.38 bits per heavy atom. The number of aromatic nitrogens is 3. The molecule has 0 saturated carbocycles. The Balaban J connectivity index is 2.20. The molecule has 4 nitrogen and oxygen atoms in total. The first-order chi connectivity index (χ1) is 7.69. The minimum atomic E-state index is 0.777. The first-order valence-corrected chi connectivity index (χ1v) is 6.38. The van der Waals surface area contributed by atoms with Crippen molar-refractivity contribution in [3.8, 4) is 0 Å². The Morgan fingerprint density at radius 2 is 2.19 bits per heavy atom. The lowest BCUT2D eigenvalue weighted by atomic mass is 10.4. The molecule has 2 heterocycles. The van der Waals surface area contributed by atoms with Gasteiger partial charge in [0.1, 0.15) is 5.82 Å². The molecule has 84 valence electrons. The van der Waals surface area contributed by atoms with Gasteiger partial charge < -0.3 is 5.32 Å². The maximum Gasteiger partial charge on any atom is 0.144 e. The Kier molecular flexibility index (Phi) is 3.60. The topological polar surface area (TPSA) is 42.7 Å². The van der Waals surface area contributed by atoms with Crippen molar-refractivity contribution in [3.05, 3.63) is 33.6 Å². The van der Waals surface area contributed by atoms with Gasteiger partial charge in [0.05, 0.1) is 16.4 Å². The van der Waals surface area contributed by atoms with E-state index in [1.54, 1.807) is 12.4 Å². The molecule has 2 rings (SSSR count). The molecule has 0 amide bonds. The summed E-state index contributed by atoms with van der Waals surface area (Å²) in [6.07, 6.45) is 5.47. The van der Waals surface area contributed by atoms with E-state index >= 15 is 0 Å². The minimum Gasteiger partial charge on any atom is -0.337 e. The molecule has 2 aromatic rings. The van der Waals surface area contributed by atoms with E-state index in [1.165, 1.54) is 0 Å². The first-order valence-electron chi connectivity index (χ1n) is 4.79. The van der Waals surface area contributed by atoms with E-state index in [0.717, 1.165) is 27.0 Å². The molecule has 0 bridgehead atoms. The van der Waals surface area contributed by atoms with Crippen molar-refractivity contribution < 1.29 is 0 Å². The van der Waals surface area contributed by atoms with Crippen LogP contribution in [0.25, 0.3) is 0 Å². The van der Waals surface area contributed by atoms with Gasteiger partial charge in [-0.1, -0.05) is 0 Å². The predicted molar refractivity (Wildman–Crippen MR) is 70.8 cm³/mol. The molecule has 6 heteroatoms. The molecule has 1 N–H and O–H groups in total. The van der Waals surface area contributed by atoms with E-state index in [4.69, 9.17) is 0 Å². The summed E-state index contributed by atoms with van der Waals surface area (Å²) in [6.45, 7) is 2.90. The molecular formula is C10H10Br2N4. The van der Waals surface area contributed by atoms with Gasteiger partial charge in [0.15, 0.2) is 0 Å². The zero-order valence-corrected chi connectivity index (χ0v) is 11.8. The lowest BCUT2D eigenvalue weighted by molar-refractivity contribution is 0.660. The lowest BCUT2D eigenvalue weighted by Gasteiger charge is -2.04. The highest BCUT2D eigenvalue weighted by Gasteiger charge is 2.04. The molecule has 0 aliphatic rings. The second-order valence-corrected chi connectivity index (χ2v) is 4.96. The Bertz CT molecular complexity index is 495. The van der Waals surface area contributed by atoms with Crippen LogP contribution >= 0.6 is 31.9 Å². The van der Waals surface area contributed by atoms with Crippen LogP contribution in [0.5, 0.6) is 0 Å². The van der Waals surface area contributed by atoms with Crippen LogP contribution in [0, 0.1) is 0 Å². The number of hydrogen-bond acceptors (Lipinski definition) is 3. The zero-order chi connectivity index (χ0) is 11.5. The molecule has 0 spiro atoms. The molecule has 0 atom stereocenters. The van der Waals surface area contributed by atoms with Gasteiger partial charge in [0, 0.05) is 23.4 Å². The van der Waals surface area contributed by atoms with Gasteiger partial charge in [0.25, 0.3) is 0 Å². The average Bonchev–Trinajstić information content (AvgIpc) is 2.70. The summed E-state index contributed by atoms with van der Waals surface area (Å²) in [6, 6.07) is 1.94. The molecule has 2 aromatic heterocycles. The van der Waals surface area contributed by atoms with Gasteiger partial charge in [-0.15, -0.1) is 0 Å². The van der Waals surface area contributed by atoms with Crippen molar-refractivity contribution in [1.29, 1.82) is 0 Å². The van der Waals surface area contributed by atoms with Crippen molar-refractivity contribution in [2.24, 2.45) is 0 Å². The minimum absolute atomic E-state index is 0.777. The Hall–Kier alpha value is -0.880. The number of halogens is 2. The van der Waals surface area contributed by atoms with Crippen LogP contribution in [0.3, 0.4) is 0 Å². The molecule has 0 fully saturated rings. The number of aryl methyl sites for hydroxylation is 1. The molecule has 0 radical (unpaired) electrons. The quantitative estimate of drug-likeness (QED) is 0.924. The van der Waals surface area contributed by atoms with Crippen LogP contribution in [0.2, 0.25) is 0 Å². The summed E-state index contributed by atoms with van der Waals surface area (Å²) in [5.41, 5.74) is 0.928. The van der Waals surface area contributed by atoms with Crippen molar-refractivity contribution in [3.63, 3.8) is 0 Å². The average molecular weight is 346 g/mol. The molecule has 16 heavy (non-hydrogen) atoms. The highest BCUT2D eigenvalue weighted by atomic mass is 79.9. The fourth-order valence-electron chi connectivity index (χ4n) is 1.24. The van der Waals surface area contributed by atoms with Crippen molar-refractivity contribution in [1.82, 2.24) is 14.8 Å². The van der Waals surface area contributed by atoms with Crippen LogP contribution in [-0.2, 0) is 6.54 Å². The molecule has 0 saturated heterocycles. The highest BCUT2D eigenvalue weighted by molar-refractivity contribution is 9.11. The van der Waals surface area contributed by atoms with Crippen LogP contribution in [0.4, 0.5) is 11.5 Å². The summed E-state index contributed by atoms with van der Waals surface area (Å²) in [5, 5.41) is 7.37. The fraction of sp³-hybridized carbons (Fsp3) is 0.200. The largest absolute Gasteiger partial charge is 0.337 e. The maximum absolute atomic E-state index is 4.27. The molecular weight excluding hydrogens is 336 g/mol. The van der Waals surface area contributed by atoms with Gasteiger partial charge in [-0.25, -0.2) is 4.98 Å². The summed E-state index contributed by atoms with van der Waals surface area (Å²) in [5.74, 6) is 0.777. The lowest BCUT2D eigenvalue weighted by Crippen LogP contribution is -1.94. The van der Waals surface area contributed by atoms with Gasteiger partial charge >= 0.3 is 0 Å². The van der Waals surface area contributed by atoms with E-state index in [9.17, 15) is 0 Å². The van der Waals surface area contributed by atoms with E-state index in [2.05, 4.69) is 47.3 Å². The van der Waals surface area contributed by atoms with Gasteiger partial charge in [-0.05, 0) is 44.8 Å². The normalized spacial score (nSPS) is 10.4. The first kappa shape index (κ1) is 11.6. The second-order valence-electron chi connectivity index (χ2n) is 3.19. The second kappa shape index (κ2) is 4.97. The summed E-state index contributed by atoms with van der Waals surface area (Å²) in [4.78, 5) is 4.27. The molecule has 0 aliphatic heterocycles. The van der Waals surface area contributed by atoms with Crippen LogP contribution in [0.15, 0.2) is 33.6 Å². The number of anilines is 2. The molecule has 0 aliphatic carbocycles. The van der Waals surface area contributed by atoms with Crippen LogP contribution in [0.1, 0.15) is 6.92 Å². The third-order valence-electron chi connectivity index (χ3n) is 2.03. The van der Waals surface area contributed by atoms with Crippen molar-refractivity contribution >= 4 is 43.4 Å². The summed E-state index contributed by atoms with van der Waals surface area (Å²) < 4.78 is 3.70. The van der Waals surface area contributed by atoms with Gasteiger partial charge in [0.2, 0.25) is 0 Å². The highest BCUT2D eigenvalue weighted by Crippen LogP contribution is 2.25. The zero-order valence-electron chi connectivity index (χ0n) is 8.61. The van der Waals surface area contributed by atoms with E-state index in [-0.39, 0.29) is 0 Å². The maximum atomic E-state index is 4.27. The summed E-state index contributed by atoms with van der Waals surface area (Å²) in [7, 11) is 0. The molecule has 0 aromatic carbocycles. The Labute approximate surface area is 110 Å². The standard InChI is InChI=1S/C10H10Br2N4/c1-2-16-6-8(5-14-16)15-10-9(12)3-7(11)4-13-10/h3-6H,2H2,1H3,(H,13,15). The van der Waals surface area contributed by atoms with Crippen LogP contribution < -0.4 is 5.32 Å². The van der Waals surface area contributed by atoms with Crippen LogP contribution in [-0.4, -0.2) is 14.8 Å². The fourth-order valence-corrected chi connectivity index (χ4v) is 2.33. The number of rotatable bonds is 3. The molecule has 0 unspecified atom stereocenters. The SMILES string of the molecule is CCn1cc(Nc2ncc(Br)cc2Br)cn1. The number of nitrogens with one attached hydrogen (secondary N) is 1. The van der Waals surface area contributed by atoms with E-state index < -0.39 is 0 Å². The van der Waals surface area contributed by atoms with Gasteiger partial charge in [-0.2, -0.15) is 5.10 Å². The third kappa shape index (κ3) is 2.62. The smallest absolute Gasteiger partial charge is 0.144 e. The van der Waals surface area contributed by atoms with Crippen molar-refractivity contribution in [2.45, 2.75) is 13.5 Å². The van der Waals surface area contributed by atoms with Gasteiger partial charge in [-0.3, -0.25) is 4.68 Å². The van der Waals surface area contributed by atoms with E-state index in [0.29, 0.717) is 0 Å². The number of nitrogens with zero attached hydrogens (tertiary/aromatic N) is 3. The predicted octanol–water partition coefficient (Wildman–Crippen LogP) is 3.57. The van der Waals surface area contributed by atoms with Crippen molar-refractivity contribution in [2.75, 3.05) is 5.32 Å². The van der Waals surface area contributed by atoms with E-state index in [1.807, 2.05) is 23.9 Å². The summed E-state index contributed by atoms with van der Waals surface area (Å²) >= 11 is 6.81. The third-order valence-corrected chi connectivity index (χ3v) is 3.07. The monoisotopic (exact) mass is 344 g/mol. The number of hydrogen-bond donors (Lipinski definition) is 1.